The van der Waals surface area contributed by atoms with Crippen LogP contribution in [0.3, 0.4) is 0 Å². The second-order valence-electron chi connectivity index (χ2n) is 6.91. The minimum absolute atomic E-state index is 0.289. The molecule has 2 rings (SSSR count). The molecule has 1 amide bonds. The maximum atomic E-state index is 12.3. The van der Waals surface area contributed by atoms with Crippen molar-refractivity contribution in [2.24, 2.45) is 5.10 Å². The molecule has 2 aromatic carbocycles. The summed E-state index contributed by atoms with van der Waals surface area (Å²) in [4.78, 5) is 24.0. The van der Waals surface area contributed by atoms with Gasteiger partial charge in [-0.15, -0.1) is 0 Å². The second kappa shape index (κ2) is 10.1. The first-order valence-corrected chi connectivity index (χ1v) is 9.74. The number of nitrogens with one attached hydrogen (secondary N) is 1. The number of esters is 1. The maximum Gasteiger partial charge on any atom is 0.428 e. The third-order valence-corrected chi connectivity index (χ3v) is 3.85. The van der Waals surface area contributed by atoms with Crippen LogP contribution in [-0.2, 0) is 4.74 Å². The maximum absolute atomic E-state index is 12.3. The number of hydrogen-bond acceptors (Lipinski definition) is 6. The van der Waals surface area contributed by atoms with Crippen molar-refractivity contribution in [2.45, 2.75) is 33.3 Å². The molecule has 8 heteroatoms. The van der Waals surface area contributed by atoms with E-state index >= 15 is 0 Å². The standard InChI is InChI=1S/C21H23BrN2O5/c1-5-27-18-12-14(13-23-24-20(26)29-21(2,3)4)6-11-17(18)28-19(25)15-7-9-16(22)10-8-15/h6-13H,5H2,1-4H3,(H,24,26)/b23-13-. The smallest absolute Gasteiger partial charge is 0.428 e. The van der Waals surface area contributed by atoms with Crippen LogP contribution in [0.15, 0.2) is 52.0 Å². The number of carbonyl (C=O) groups excluding carboxylic acids is 2. The van der Waals surface area contributed by atoms with Crippen molar-refractivity contribution < 1.29 is 23.8 Å². The van der Waals surface area contributed by atoms with E-state index in [1.165, 1.54) is 6.21 Å². The predicted octanol–water partition coefficient (Wildman–Crippen LogP) is 4.93. The van der Waals surface area contributed by atoms with Gasteiger partial charge >= 0.3 is 12.1 Å². The molecule has 0 heterocycles. The molecular weight excluding hydrogens is 440 g/mol. The second-order valence-corrected chi connectivity index (χ2v) is 7.82. The first kappa shape index (κ1) is 22.4. The highest BCUT2D eigenvalue weighted by Gasteiger charge is 2.16. The molecule has 0 aliphatic carbocycles. The molecule has 29 heavy (non-hydrogen) atoms. The molecule has 0 aliphatic rings. The van der Waals surface area contributed by atoms with Gasteiger partial charge in [-0.1, -0.05) is 15.9 Å². The topological polar surface area (TPSA) is 86.2 Å². The minimum atomic E-state index is -0.654. The summed E-state index contributed by atoms with van der Waals surface area (Å²) in [7, 11) is 0. The van der Waals surface area contributed by atoms with Crippen molar-refractivity contribution in [2.75, 3.05) is 6.61 Å². The van der Waals surface area contributed by atoms with Gasteiger partial charge in [0.15, 0.2) is 11.5 Å². The Labute approximate surface area is 178 Å². The van der Waals surface area contributed by atoms with Crippen molar-refractivity contribution in [1.82, 2.24) is 5.43 Å². The number of benzene rings is 2. The molecule has 0 fully saturated rings. The molecule has 0 atom stereocenters. The molecule has 0 aliphatic heterocycles. The van der Waals surface area contributed by atoms with Crippen molar-refractivity contribution in [3.8, 4) is 11.5 Å². The molecule has 1 N–H and O–H groups in total. The molecule has 2 aromatic rings. The Kier molecular flexibility index (Phi) is 7.78. The van der Waals surface area contributed by atoms with E-state index in [0.717, 1.165) is 4.47 Å². The van der Waals surface area contributed by atoms with Crippen LogP contribution in [0.4, 0.5) is 4.79 Å². The third-order valence-electron chi connectivity index (χ3n) is 3.32. The fraction of sp³-hybridized carbons (Fsp3) is 0.286. The number of hydrogen-bond donors (Lipinski definition) is 1. The summed E-state index contributed by atoms with van der Waals surface area (Å²) in [6.07, 6.45) is 0.783. The zero-order valence-corrected chi connectivity index (χ0v) is 18.3. The third kappa shape index (κ3) is 7.57. The van der Waals surface area contributed by atoms with E-state index in [-0.39, 0.29) is 5.75 Å². The summed E-state index contributed by atoms with van der Waals surface area (Å²) in [5.74, 6) is 0.183. The summed E-state index contributed by atoms with van der Waals surface area (Å²) in [5, 5.41) is 3.86. The monoisotopic (exact) mass is 462 g/mol. The summed E-state index contributed by atoms with van der Waals surface area (Å²) in [5.41, 5.74) is 2.75. The van der Waals surface area contributed by atoms with Crippen molar-refractivity contribution in [1.29, 1.82) is 0 Å². The van der Waals surface area contributed by atoms with Crippen LogP contribution in [0, 0.1) is 0 Å². The molecule has 0 spiro atoms. The number of amides is 1. The molecule has 0 bridgehead atoms. The minimum Gasteiger partial charge on any atom is -0.490 e. The Morgan fingerprint density at radius 1 is 1.10 bits per heavy atom. The Hall–Kier alpha value is -2.87. The Balaban J connectivity index is 2.09. The van der Waals surface area contributed by atoms with Gasteiger partial charge in [0.25, 0.3) is 0 Å². The summed E-state index contributed by atoms with van der Waals surface area (Å²) >= 11 is 3.33. The van der Waals surface area contributed by atoms with E-state index in [1.54, 1.807) is 63.2 Å². The van der Waals surface area contributed by atoms with E-state index in [1.807, 2.05) is 6.92 Å². The van der Waals surface area contributed by atoms with Gasteiger partial charge in [0, 0.05) is 4.47 Å². The molecule has 0 saturated heterocycles. The highest BCUT2D eigenvalue weighted by atomic mass is 79.9. The van der Waals surface area contributed by atoms with E-state index in [0.29, 0.717) is 23.5 Å². The van der Waals surface area contributed by atoms with Crippen molar-refractivity contribution in [3.63, 3.8) is 0 Å². The number of halogens is 1. The summed E-state index contributed by atoms with van der Waals surface area (Å²) in [6.45, 7) is 7.50. The number of ether oxygens (including phenoxy) is 3. The van der Waals surface area contributed by atoms with Crippen LogP contribution in [-0.4, -0.2) is 30.5 Å². The average Bonchev–Trinajstić information content (AvgIpc) is 2.63. The molecule has 0 saturated carbocycles. The van der Waals surface area contributed by atoms with Gasteiger partial charge in [-0.2, -0.15) is 5.10 Å². The van der Waals surface area contributed by atoms with Crippen LogP contribution in [0.5, 0.6) is 11.5 Å². The number of nitrogens with zero attached hydrogens (tertiary/aromatic N) is 1. The lowest BCUT2D eigenvalue weighted by Crippen LogP contribution is -2.29. The van der Waals surface area contributed by atoms with E-state index in [2.05, 4.69) is 26.5 Å². The zero-order chi connectivity index (χ0) is 21.4. The molecule has 154 valence electrons. The Bertz CT molecular complexity index is 889. The highest BCUT2D eigenvalue weighted by molar-refractivity contribution is 9.10. The predicted molar refractivity (Wildman–Crippen MR) is 114 cm³/mol. The van der Waals surface area contributed by atoms with Gasteiger partial charge in [0.05, 0.1) is 18.4 Å². The van der Waals surface area contributed by atoms with Gasteiger partial charge < -0.3 is 14.2 Å². The van der Waals surface area contributed by atoms with Crippen molar-refractivity contribution in [3.05, 3.63) is 58.1 Å². The molecule has 0 radical (unpaired) electrons. The molecule has 0 aromatic heterocycles. The Morgan fingerprint density at radius 2 is 1.79 bits per heavy atom. The van der Waals surface area contributed by atoms with Crippen LogP contribution >= 0.6 is 15.9 Å². The van der Waals surface area contributed by atoms with Crippen molar-refractivity contribution >= 4 is 34.2 Å². The van der Waals surface area contributed by atoms with Crippen LogP contribution in [0.2, 0.25) is 0 Å². The lowest BCUT2D eigenvalue weighted by molar-refractivity contribution is 0.0529. The van der Waals surface area contributed by atoms with Gasteiger partial charge in [-0.05, 0) is 75.7 Å². The lowest BCUT2D eigenvalue weighted by atomic mass is 10.2. The van der Waals surface area contributed by atoms with E-state index in [4.69, 9.17) is 14.2 Å². The summed E-state index contributed by atoms with van der Waals surface area (Å²) in [6, 6.07) is 11.8. The number of rotatable bonds is 6. The SMILES string of the molecule is CCOc1cc(/C=N\NC(=O)OC(C)(C)C)ccc1OC(=O)c1ccc(Br)cc1. The number of hydrazone groups is 1. The van der Waals surface area contributed by atoms with E-state index in [9.17, 15) is 9.59 Å². The molecule has 0 unspecified atom stereocenters. The first-order chi connectivity index (χ1) is 13.7. The highest BCUT2D eigenvalue weighted by Crippen LogP contribution is 2.29. The van der Waals surface area contributed by atoms with Crippen LogP contribution in [0.1, 0.15) is 43.6 Å². The molecule has 7 nitrogen and oxygen atoms in total. The van der Waals surface area contributed by atoms with Gasteiger partial charge in [0.2, 0.25) is 0 Å². The van der Waals surface area contributed by atoms with Crippen LogP contribution in [0.25, 0.3) is 0 Å². The van der Waals surface area contributed by atoms with Gasteiger partial charge in [-0.3, -0.25) is 0 Å². The van der Waals surface area contributed by atoms with E-state index < -0.39 is 17.7 Å². The summed E-state index contributed by atoms with van der Waals surface area (Å²) < 4.78 is 17.0. The first-order valence-electron chi connectivity index (χ1n) is 8.94. The van der Waals surface area contributed by atoms with Crippen LogP contribution < -0.4 is 14.9 Å². The Morgan fingerprint density at radius 3 is 2.41 bits per heavy atom. The van der Waals surface area contributed by atoms with Gasteiger partial charge in [0.1, 0.15) is 5.60 Å². The fourth-order valence-corrected chi connectivity index (χ4v) is 2.43. The largest absolute Gasteiger partial charge is 0.490 e. The average molecular weight is 463 g/mol. The lowest BCUT2D eigenvalue weighted by Gasteiger charge is -2.18. The van der Waals surface area contributed by atoms with Gasteiger partial charge in [-0.25, -0.2) is 15.0 Å². The normalized spacial score (nSPS) is 11.2. The number of carbonyl (C=O) groups is 2. The molecular formula is C21H23BrN2O5. The fourth-order valence-electron chi connectivity index (χ4n) is 2.16. The quantitative estimate of drug-likeness (QED) is 0.284. The zero-order valence-electron chi connectivity index (χ0n) is 16.7.